The van der Waals surface area contributed by atoms with Crippen molar-refractivity contribution in [3.63, 3.8) is 0 Å². The standard InChI is InChI=1S/C23H23N3OS/c1-3-4-14-27-19-12-10-18(11-13-19)26-22-21-20(17-8-6-5-7-9-17)16(2)28-23(21)25-15-24-22/h5-13,15H,3-4,14H2,1-2H3,(H,24,25,26). The largest absolute Gasteiger partial charge is 0.494 e. The first-order valence-corrected chi connectivity index (χ1v) is 10.4. The van der Waals surface area contributed by atoms with Crippen LogP contribution in [0.15, 0.2) is 60.9 Å². The minimum absolute atomic E-state index is 0.754. The van der Waals surface area contributed by atoms with Gasteiger partial charge in [0.15, 0.2) is 0 Å². The van der Waals surface area contributed by atoms with Gasteiger partial charge in [-0.2, -0.15) is 0 Å². The van der Waals surface area contributed by atoms with E-state index in [0.717, 1.165) is 46.9 Å². The SMILES string of the molecule is CCCCOc1ccc(Nc2ncnc3sc(C)c(-c4ccccc4)c23)cc1. The number of ether oxygens (including phenoxy) is 1. The molecule has 4 nitrogen and oxygen atoms in total. The minimum Gasteiger partial charge on any atom is -0.494 e. The number of hydrogen-bond donors (Lipinski definition) is 1. The number of benzene rings is 2. The Morgan fingerprint density at radius 2 is 1.79 bits per heavy atom. The average molecular weight is 390 g/mol. The molecule has 0 aliphatic rings. The van der Waals surface area contributed by atoms with Crippen molar-refractivity contribution in [3.8, 4) is 16.9 Å². The van der Waals surface area contributed by atoms with Gasteiger partial charge in [-0.3, -0.25) is 0 Å². The van der Waals surface area contributed by atoms with E-state index < -0.39 is 0 Å². The van der Waals surface area contributed by atoms with Crippen LogP contribution in [0.5, 0.6) is 5.75 Å². The van der Waals surface area contributed by atoms with Gasteiger partial charge in [0.05, 0.1) is 12.0 Å². The molecule has 0 aliphatic heterocycles. The van der Waals surface area contributed by atoms with Gasteiger partial charge >= 0.3 is 0 Å². The molecule has 0 radical (unpaired) electrons. The zero-order chi connectivity index (χ0) is 19.3. The number of hydrogen-bond acceptors (Lipinski definition) is 5. The highest BCUT2D eigenvalue weighted by Crippen LogP contribution is 2.40. The lowest BCUT2D eigenvalue weighted by molar-refractivity contribution is 0.309. The third kappa shape index (κ3) is 3.85. The molecule has 28 heavy (non-hydrogen) atoms. The molecule has 4 aromatic rings. The average Bonchev–Trinajstić information content (AvgIpc) is 3.07. The maximum atomic E-state index is 5.75. The van der Waals surface area contributed by atoms with Gasteiger partial charge in [-0.1, -0.05) is 43.7 Å². The molecule has 0 saturated carbocycles. The number of aromatic nitrogens is 2. The number of unbranched alkanes of at least 4 members (excludes halogenated alkanes) is 1. The molecule has 0 amide bonds. The molecule has 142 valence electrons. The van der Waals surface area contributed by atoms with Crippen molar-refractivity contribution in [2.24, 2.45) is 0 Å². The van der Waals surface area contributed by atoms with Crippen molar-refractivity contribution in [1.29, 1.82) is 0 Å². The molecule has 0 saturated heterocycles. The molecule has 0 bridgehead atoms. The van der Waals surface area contributed by atoms with E-state index in [1.165, 1.54) is 16.0 Å². The molecule has 0 spiro atoms. The Hall–Kier alpha value is -2.92. The first-order chi connectivity index (χ1) is 13.8. The van der Waals surface area contributed by atoms with Crippen molar-refractivity contribution in [1.82, 2.24) is 9.97 Å². The number of fused-ring (bicyclic) bond motifs is 1. The van der Waals surface area contributed by atoms with Crippen molar-refractivity contribution < 1.29 is 4.74 Å². The van der Waals surface area contributed by atoms with E-state index in [-0.39, 0.29) is 0 Å². The van der Waals surface area contributed by atoms with Crippen LogP contribution >= 0.6 is 11.3 Å². The summed E-state index contributed by atoms with van der Waals surface area (Å²) in [5.74, 6) is 1.72. The Morgan fingerprint density at radius 1 is 1.00 bits per heavy atom. The fourth-order valence-electron chi connectivity index (χ4n) is 3.20. The summed E-state index contributed by atoms with van der Waals surface area (Å²) in [4.78, 5) is 11.3. The summed E-state index contributed by atoms with van der Waals surface area (Å²) in [6, 6.07) is 18.5. The maximum absolute atomic E-state index is 5.75. The van der Waals surface area contributed by atoms with E-state index >= 15 is 0 Å². The summed E-state index contributed by atoms with van der Waals surface area (Å²) >= 11 is 1.70. The van der Waals surface area contributed by atoms with Crippen LogP contribution in [0.4, 0.5) is 11.5 Å². The highest BCUT2D eigenvalue weighted by molar-refractivity contribution is 7.19. The Bertz CT molecular complexity index is 1060. The highest BCUT2D eigenvalue weighted by Gasteiger charge is 2.16. The smallest absolute Gasteiger partial charge is 0.143 e. The summed E-state index contributed by atoms with van der Waals surface area (Å²) in [5, 5.41) is 4.53. The molecule has 0 aliphatic carbocycles. The highest BCUT2D eigenvalue weighted by atomic mass is 32.1. The fourth-order valence-corrected chi connectivity index (χ4v) is 4.21. The molecule has 5 heteroatoms. The van der Waals surface area contributed by atoms with Gasteiger partial charge in [-0.25, -0.2) is 9.97 Å². The first kappa shape index (κ1) is 18.4. The summed E-state index contributed by atoms with van der Waals surface area (Å²) in [6.07, 6.45) is 3.82. The number of aryl methyl sites for hydroxylation is 1. The van der Waals surface area contributed by atoms with Gasteiger partial charge in [-0.15, -0.1) is 11.3 Å². The van der Waals surface area contributed by atoms with Gasteiger partial charge in [0.25, 0.3) is 0 Å². The molecule has 2 heterocycles. The van der Waals surface area contributed by atoms with Crippen LogP contribution in [0.2, 0.25) is 0 Å². The third-order valence-electron chi connectivity index (χ3n) is 4.61. The number of nitrogens with one attached hydrogen (secondary N) is 1. The second-order valence-corrected chi connectivity index (χ2v) is 7.86. The summed E-state index contributed by atoms with van der Waals surface area (Å²) in [6.45, 7) is 5.06. The minimum atomic E-state index is 0.754. The molecule has 2 aromatic carbocycles. The number of thiophene rings is 1. The van der Waals surface area contributed by atoms with Crippen LogP contribution < -0.4 is 10.1 Å². The fraction of sp³-hybridized carbons (Fsp3) is 0.217. The lowest BCUT2D eigenvalue weighted by Crippen LogP contribution is -1.98. The molecule has 0 atom stereocenters. The molecular formula is C23H23N3OS. The van der Waals surface area contributed by atoms with E-state index in [1.807, 2.05) is 30.3 Å². The van der Waals surface area contributed by atoms with E-state index in [9.17, 15) is 0 Å². The van der Waals surface area contributed by atoms with Crippen LogP contribution in [0, 0.1) is 6.92 Å². The van der Waals surface area contributed by atoms with E-state index in [1.54, 1.807) is 17.7 Å². The number of nitrogens with zero attached hydrogens (tertiary/aromatic N) is 2. The second-order valence-electron chi connectivity index (χ2n) is 6.65. The lowest BCUT2D eigenvalue weighted by atomic mass is 10.0. The summed E-state index contributed by atoms with van der Waals surface area (Å²) in [7, 11) is 0. The topological polar surface area (TPSA) is 47.0 Å². The Morgan fingerprint density at radius 3 is 2.54 bits per heavy atom. The van der Waals surface area contributed by atoms with Crippen LogP contribution in [-0.2, 0) is 0 Å². The van der Waals surface area contributed by atoms with Crippen molar-refractivity contribution >= 4 is 33.1 Å². The van der Waals surface area contributed by atoms with Crippen molar-refractivity contribution in [3.05, 3.63) is 65.8 Å². The van der Waals surface area contributed by atoms with E-state index in [0.29, 0.717) is 0 Å². The molecule has 2 aromatic heterocycles. The second kappa shape index (κ2) is 8.40. The van der Waals surface area contributed by atoms with E-state index in [4.69, 9.17) is 4.74 Å². The van der Waals surface area contributed by atoms with Crippen LogP contribution in [0.1, 0.15) is 24.6 Å². The van der Waals surface area contributed by atoms with Crippen molar-refractivity contribution in [2.75, 3.05) is 11.9 Å². The predicted octanol–water partition coefficient (Wildman–Crippen LogP) is 6.59. The molecule has 0 unspecified atom stereocenters. The predicted molar refractivity (Wildman–Crippen MR) is 118 cm³/mol. The molecule has 0 fully saturated rings. The van der Waals surface area contributed by atoms with Crippen molar-refractivity contribution in [2.45, 2.75) is 26.7 Å². The molecular weight excluding hydrogens is 366 g/mol. The molecule has 1 N–H and O–H groups in total. The van der Waals surface area contributed by atoms with Gasteiger partial charge < -0.3 is 10.1 Å². The van der Waals surface area contributed by atoms with Gasteiger partial charge in [0.1, 0.15) is 22.7 Å². The summed E-state index contributed by atoms with van der Waals surface area (Å²) < 4.78 is 5.75. The zero-order valence-electron chi connectivity index (χ0n) is 16.1. The lowest BCUT2D eigenvalue weighted by Gasteiger charge is -2.10. The first-order valence-electron chi connectivity index (χ1n) is 9.55. The van der Waals surface area contributed by atoms with Crippen LogP contribution in [0.25, 0.3) is 21.3 Å². The van der Waals surface area contributed by atoms with Crippen LogP contribution in [0.3, 0.4) is 0 Å². The number of anilines is 2. The Kier molecular flexibility index (Phi) is 5.53. The molecule has 4 rings (SSSR count). The monoisotopic (exact) mass is 389 g/mol. The summed E-state index contributed by atoms with van der Waals surface area (Å²) in [5.41, 5.74) is 3.36. The normalized spacial score (nSPS) is 10.9. The van der Waals surface area contributed by atoms with Gasteiger partial charge in [0, 0.05) is 16.1 Å². The zero-order valence-corrected chi connectivity index (χ0v) is 16.9. The Balaban J connectivity index is 1.66. The maximum Gasteiger partial charge on any atom is 0.143 e. The van der Waals surface area contributed by atoms with E-state index in [2.05, 4.69) is 53.4 Å². The third-order valence-corrected chi connectivity index (χ3v) is 5.62. The van der Waals surface area contributed by atoms with Gasteiger partial charge in [0.2, 0.25) is 0 Å². The quantitative estimate of drug-likeness (QED) is 0.362. The Labute approximate surface area is 169 Å². The number of rotatable bonds is 7. The van der Waals surface area contributed by atoms with Crippen LogP contribution in [-0.4, -0.2) is 16.6 Å². The van der Waals surface area contributed by atoms with Gasteiger partial charge in [-0.05, 0) is 43.2 Å².